The Morgan fingerprint density at radius 1 is 1.23 bits per heavy atom. The van der Waals surface area contributed by atoms with Crippen LogP contribution in [0.15, 0.2) is 10.2 Å². The average molecular weight is 478 g/mol. The van der Waals surface area contributed by atoms with Gasteiger partial charge in [-0.15, -0.1) is 22.7 Å². The highest BCUT2D eigenvalue weighted by Gasteiger charge is 2.19. The van der Waals surface area contributed by atoms with Crippen LogP contribution in [-0.2, 0) is 34.6 Å². The Hall–Kier alpha value is -2.24. The first kappa shape index (κ1) is 22.0. The molecule has 2 amide bonds. The molecule has 0 unspecified atom stereocenters. The van der Waals surface area contributed by atoms with E-state index in [4.69, 9.17) is 5.73 Å². The SMILES string of the molecule is NC(=O)CCc1csc(NC(=O)CCSCc2nc3sc4c(c3c(=O)[nH]2)CCCC4)n1. The standard InChI is InChI=1S/C20H23N5O3S3/c21-14(26)6-5-11-9-30-20(22-11)25-16(27)7-8-29-10-15-23-18(28)17-12-3-1-2-4-13(12)31-19(17)24-15/h9H,1-8,10H2,(H2,21,26)(H,22,25,27)(H,23,24,28). The van der Waals surface area contributed by atoms with Crippen LogP contribution in [0.4, 0.5) is 5.13 Å². The number of aryl methyl sites for hydroxylation is 3. The molecule has 3 aromatic heterocycles. The second kappa shape index (κ2) is 9.92. The van der Waals surface area contributed by atoms with Crippen molar-refractivity contribution in [1.29, 1.82) is 0 Å². The highest BCUT2D eigenvalue weighted by Crippen LogP contribution is 2.33. The summed E-state index contributed by atoms with van der Waals surface area (Å²) >= 11 is 4.53. The van der Waals surface area contributed by atoms with Gasteiger partial charge in [0.1, 0.15) is 10.7 Å². The molecule has 0 saturated heterocycles. The lowest BCUT2D eigenvalue weighted by molar-refractivity contribution is -0.118. The van der Waals surface area contributed by atoms with Gasteiger partial charge in [0.05, 0.1) is 16.8 Å². The monoisotopic (exact) mass is 477 g/mol. The molecule has 31 heavy (non-hydrogen) atoms. The van der Waals surface area contributed by atoms with Gasteiger partial charge >= 0.3 is 0 Å². The number of H-pyrrole nitrogens is 1. The van der Waals surface area contributed by atoms with E-state index < -0.39 is 0 Å². The Kier molecular flexibility index (Phi) is 7.03. The van der Waals surface area contributed by atoms with E-state index in [9.17, 15) is 14.4 Å². The van der Waals surface area contributed by atoms with Gasteiger partial charge in [-0.2, -0.15) is 11.8 Å². The van der Waals surface area contributed by atoms with Gasteiger partial charge in [0, 0.05) is 28.9 Å². The topological polar surface area (TPSA) is 131 Å². The first-order chi connectivity index (χ1) is 15.0. The van der Waals surface area contributed by atoms with Gasteiger partial charge in [0.15, 0.2) is 5.13 Å². The highest BCUT2D eigenvalue weighted by molar-refractivity contribution is 7.98. The van der Waals surface area contributed by atoms with Crippen molar-refractivity contribution in [2.45, 2.75) is 50.7 Å². The number of fused-ring (bicyclic) bond motifs is 3. The number of thiazole rings is 1. The van der Waals surface area contributed by atoms with E-state index in [0.29, 0.717) is 35.3 Å². The van der Waals surface area contributed by atoms with Gasteiger partial charge in [-0.05, 0) is 37.7 Å². The van der Waals surface area contributed by atoms with Crippen LogP contribution in [0.2, 0.25) is 0 Å². The molecule has 4 N–H and O–H groups in total. The van der Waals surface area contributed by atoms with Crippen LogP contribution < -0.4 is 16.6 Å². The third kappa shape index (κ3) is 5.52. The first-order valence-electron chi connectivity index (χ1n) is 10.1. The van der Waals surface area contributed by atoms with E-state index in [1.165, 1.54) is 28.2 Å². The van der Waals surface area contributed by atoms with Crippen LogP contribution in [0, 0.1) is 0 Å². The number of rotatable bonds is 9. The summed E-state index contributed by atoms with van der Waals surface area (Å²) in [6.07, 6.45) is 5.37. The van der Waals surface area contributed by atoms with E-state index in [1.54, 1.807) is 23.1 Å². The Balaban J connectivity index is 1.26. The molecule has 8 nitrogen and oxygen atoms in total. The van der Waals surface area contributed by atoms with Crippen LogP contribution in [-0.4, -0.2) is 32.5 Å². The quantitative estimate of drug-likeness (QED) is 0.406. The van der Waals surface area contributed by atoms with Gasteiger partial charge in [-0.3, -0.25) is 14.4 Å². The zero-order valence-electron chi connectivity index (χ0n) is 16.9. The molecule has 0 atom stereocenters. The van der Waals surface area contributed by atoms with Crippen LogP contribution in [0.1, 0.15) is 47.6 Å². The van der Waals surface area contributed by atoms with Gasteiger partial charge in [0.25, 0.3) is 5.56 Å². The molecule has 0 saturated carbocycles. The largest absolute Gasteiger partial charge is 0.370 e. The van der Waals surface area contributed by atoms with Crippen LogP contribution in [0.5, 0.6) is 0 Å². The van der Waals surface area contributed by atoms with Crippen molar-refractivity contribution < 1.29 is 9.59 Å². The molecule has 0 spiro atoms. The van der Waals surface area contributed by atoms with Crippen molar-refractivity contribution in [3.63, 3.8) is 0 Å². The lowest BCUT2D eigenvalue weighted by atomic mass is 9.97. The van der Waals surface area contributed by atoms with Crippen molar-refractivity contribution in [1.82, 2.24) is 15.0 Å². The molecule has 1 aliphatic carbocycles. The number of primary amides is 1. The molecule has 0 aromatic carbocycles. The summed E-state index contributed by atoms with van der Waals surface area (Å²) in [7, 11) is 0. The molecule has 3 heterocycles. The number of hydrogen-bond acceptors (Lipinski definition) is 8. The molecule has 0 bridgehead atoms. The number of nitrogens with zero attached hydrogens (tertiary/aromatic N) is 2. The number of carbonyl (C=O) groups excluding carboxylic acids is 2. The Labute approximate surface area is 191 Å². The summed E-state index contributed by atoms with van der Waals surface area (Å²) in [6.45, 7) is 0. The van der Waals surface area contributed by atoms with Crippen LogP contribution >= 0.6 is 34.4 Å². The van der Waals surface area contributed by atoms with Gasteiger partial charge < -0.3 is 16.0 Å². The van der Waals surface area contributed by atoms with Crippen LogP contribution in [0.25, 0.3) is 10.2 Å². The minimum Gasteiger partial charge on any atom is -0.370 e. The van der Waals surface area contributed by atoms with Crippen LogP contribution in [0.3, 0.4) is 0 Å². The van der Waals surface area contributed by atoms with Crippen molar-refractivity contribution in [2.24, 2.45) is 5.73 Å². The second-order valence-corrected chi connectivity index (χ2v) is 10.4. The number of carbonyl (C=O) groups is 2. The second-order valence-electron chi connectivity index (χ2n) is 7.36. The Morgan fingerprint density at radius 3 is 2.90 bits per heavy atom. The van der Waals surface area contributed by atoms with Gasteiger partial charge in [0.2, 0.25) is 11.8 Å². The summed E-state index contributed by atoms with van der Waals surface area (Å²) < 4.78 is 0. The van der Waals surface area contributed by atoms with Crippen molar-refractivity contribution in [2.75, 3.05) is 11.1 Å². The minimum absolute atomic E-state index is 0.0475. The number of anilines is 1. The smallest absolute Gasteiger partial charge is 0.259 e. The number of amides is 2. The van der Waals surface area contributed by atoms with E-state index in [-0.39, 0.29) is 23.8 Å². The van der Waals surface area contributed by atoms with Crippen molar-refractivity contribution in [3.8, 4) is 0 Å². The Bertz CT molecular complexity index is 1170. The van der Waals surface area contributed by atoms with E-state index >= 15 is 0 Å². The molecule has 0 fully saturated rings. The van der Waals surface area contributed by atoms with E-state index in [0.717, 1.165) is 35.2 Å². The maximum Gasteiger partial charge on any atom is 0.259 e. The fourth-order valence-corrected chi connectivity index (χ4v) is 6.37. The van der Waals surface area contributed by atoms with E-state index in [1.807, 2.05) is 5.38 Å². The molecule has 1 aliphatic rings. The number of thioether (sulfide) groups is 1. The van der Waals surface area contributed by atoms with Gasteiger partial charge in [-0.25, -0.2) is 9.97 Å². The third-order valence-corrected chi connectivity index (χ3v) is 7.97. The molecule has 0 radical (unpaired) electrons. The zero-order valence-corrected chi connectivity index (χ0v) is 19.3. The zero-order chi connectivity index (χ0) is 21.8. The first-order valence-corrected chi connectivity index (χ1v) is 13.0. The number of nitrogens with two attached hydrogens (primary N) is 1. The molecular weight excluding hydrogens is 454 g/mol. The maximum atomic E-state index is 12.6. The fraction of sp³-hybridized carbons (Fsp3) is 0.450. The lowest BCUT2D eigenvalue weighted by Crippen LogP contribution is -2.14. The Morgan fingerprint density at radius 2 is 2.06 bits per heavy atom. The normalized spacial score (nSPS) is 13.3. The predicted octanol–water partition coefficient (Wildman–Crippen LogP) is 3.00. The average Bonchev–Trinajstić information content (AvgIpc) is 3.33. The number of aromatic amines is 1. The summed E-state index contributed by atoms with van der Waals surface area (Å²) in [5.41, 5.74) is 7.03. The number of nitrogens with one attached hydrogen (secondary N) is 2. The number of hydrogen-bond donors (Lipinski definition) is 3. The maximum absolute atomic E-state index is 12.6. The predicted molar refractivity (Wildman–Crippen MR) is 126 cm³/mol. The highest BCUT2D eigenvalue weighted by atomic mass is 32.2. The molecule has 3 aromatic rings. The minimum atomic E-state index is -0.371. The molecular formula is C20H23N5O3S3. The molecule has 4 rings (SSSR count). The summed E-state index contributed by atoms with van der Waals surface area (Å²) in [6, 6.07) is 0. The summed E-state index contributed by atoms with van der Waals surface area (Å²) in [4.78, 5) is 49.5. The summed E-state index contributed by atoms with van der Waals surface area (Å²) in [5.74, 6) is 1.32. The number of aromatic nitrogens is 3. The molecule has 11 heteroatoms. The fourth-order valence-electron chi connectivity index (χ4n) is 3.52. The number of thiophene rings is 1. The lowest BCUT2D eigenvalue weighted by Gasteiger charge is -2.09. The van der Waals surface area contributed by atoms with Gasteiger partial charge in [-0.1, -0.05) is 0 Å². The molecule has 0 aliphatic heterocycles. The van der Waals surface area contributed by atoms with Crippen molar-refractivity contribution >= 4 is 61.6 Å². The molecule has 164 valence electrons. The third-order valence-electron chi connectivity index (χ3n) is 5.01. The van der Waals surface area contributed by atoms with Crippen molar-refractivity contribution in [3.05, 3.63) is 37.7 Å². The van der Waals surface area contributed by atoms with E-state index in [2.05, 4.69) is 20.3 Å². The summed E-state index contributed by atoms with van der Waals surface area (Å²) in [5, 5.41) is 5.88.